The lowest BCUT2D eigenvalue weighted by molar-refractivity contribution is 0.268. The molecule has 0 aliphatic heterocycles. The van der Waals surface area contributed by atoms with E-state index in [1.54, 1.807) is 11.3 Å². The fourth-order valence-electron chi connectivity index (χ4n) is 0.849. The zero-order chi connectivity index (χ0) is 7.56. The zero-order valence-electron chi connectivity index (χ0n) is 5.87. The Morgan fingerprint density at radius 3 is 2.80 bits per heavy atom. The molecule has 0 aliphatic rings. The third kappa shape index (κ3) is 1.37. The van der Waals surface area contributed by atoms with Crippen molar-refractivity contribution >= 4 is 11.3 Å². The van der Waals surface area contributed by atoms with Gasteiger partial charge in [-0.2, -0.15) is 11.3 Å². The largest absolute Gasteiger partial charge is 0.394 e. The Labute approximate surface area is 64.3 Å². The van der Waals surface area contributed by atoms with Gasteiger partial charge in [-0.05, 0) is 28.8 Å². The van der Waals surface area contributed by atoms with Gasteiger partial charge in [-0.3, -0.25) is 0 Å². The van der Waals surface area contributed by atoms with Crippen molar-refractivity contribution in [2.24, 2.45) is 5.73 Å². The topological polar surface area (TPSA) is 46.2 Å². The SMILES string of the molecule is Cc1cscc1[C@H](N)CO. The molecule has 0 unspecified atom stereocenters. The maximum atomic E-state index is 8.71. The van der Waals surface area contributed by atoms with Crippen LogP contribution in [0, 0.1) is 6.92 Å². The maximum Gasteiger partial charge on any atom is 0.0624 e. The second-order valence-electron chi connectivity index (χ2n) is 2.30. The van der Waals surface area contributed by atoms with E-state index in [0.717, 1.165) is 5.56 Å². The Hall–Kier alpha value is -0.380. The van der Waals surface area contributed by atoms with E-state index in [0.29, 0.717) is 0 Å². The van der Waals surface area contributed by atoms with E-state index in [4.69, 9.17) is 10.8 Å². The zero-order valence-corrected chi connectivity index (χ0v) is 6.69. The molecule has 0 aliphatic carbocycles. The van der Waals surface area contributed by atoms with E-state index < -0.39 is 0 Å². The number of aryl methyl sites for hydroxylation is 1. The highest BCUT2D eigenvalue weighted by Gasteiger charge is 2.06. The molecule has 3 heteroatoms. The molecule has 0 aromatic carbocycles. The highest BCUT2D eigenvalue weighted by atomic mass is 32.1. The van der Waals surface area contributed by atoms with Crippen LogP contribution in [0.15, 0.2) is 10.8 Å². The molecule has 0 radical (unpaired) electrons. The van der Waals surface area contributed by atoms with Crippen molar-refractivity contribution in [2.45, 2.75) is 13.0 Å². The molecule has 1 aromatic rings. The summed E-state index contributed by atoms with van der Waals surface area (Å²) in [5.74, 6) is 0. The monoisotopic (exact) mass is 157 g/mol. The van der Waals surface area contributed by atoms with Crippen LogP contribution in [0.2, 0.25) is 0 Å². The highest BCUT2D eigenvalue weighted by Crippen LogP contribution is 2.19. The summed E-state index contributed by atoms with van der Waals surface area (Å²) in [6.45, 7) is 2.03. The molecule has 0 saturated carbocycles. The minimum Gasteiger partial charge on any atom is -0.394 e. The molecule has 0 amide bonds. The highest BCUT2D eigenvalue weighted by molar-refractivity contribution is 7.08. The van der Waals surface area contributed by atoms with E-state index in [9.17, 15) is 0 Å². The van der Waals surface area contributed by atoms with Crippen LogP contribution in [-0.2, 0) is 0 Å². The Bertz CT molecular complexity index is 209. The van der Waals surface area contributed by atoms with Crippen LogP contribution >= 0.6 is 11.3 Å². The molecule has 2 nitrogen and oxygen atoms in total. The first-order valence-electron chi connectivity index (χ1n) is 3.15. The summed E-state index contributed by atoms with van der Waals surface area (Å²) >= 11 is 1.62. The van der Waals surface area contributed by atoms with E-state index >= 15 is 0 Å². The predicted molar refractivity (Wildman–Crippen MR) is 43.1 cm³/mol. The van der Waals surface area contributed by atoms with Gasteiger partial charge >= 0.3 is 0 Å². The second kappa shape index (κ2) is 3.14. The minimum absolute atomic E-state index is 0.0254. The molecule has 0 fully saturated rings. The van der Waals surface area contributed by atoms with Crippen molar-refractivity contribution < 1.29 is 5.11 Å². The lowest BCUT2D eigenvalue weighted by Gasteiger charge is -2.05. The van der Waals surface area contributed by atoms with Crippen LogP contribution in [0.5, 0.6) is 0 Å². The predicted octanol–water partition coefficient (Wildman–Crippen LogP) is 1.05. The second-order valence-corrected chi connectivity index (χ2v) is 3.04. The van der Waals surface area contributed by atoms with Gasteiger partial charge < -0.3 is 10.8 Å². The van der Waals surface area contributed by atoms with Crippen LogP contribution in [0.1, 0.15) is 17.2 Å². The van der Waals surface area contributed by atoms with Crippen molar-refractivity contribution in [3.63, 3.8) is 0 Å². The summed E-state index contributed by atoms with van der Waals surface area (Å²) in [4.78, 5) is 0. The van der Waals surface area contributed by atoms with Gasteiger partial charge in [0.1, 0.15) is 0 Å². The first kappa shape index (κ1) is 7.72. The maximum absolute atomic E-state index is 8.71. The number of thiophene rings is 1. The van der Waals surface area contributed by atoms with E-state index in [2.05, 4.69) is 0 Å². The van der Waals surface area contributed by atoms with Crippen molar-refractivity contribution in [1.82, 2.24) is 0 Å². The summed E-state index contributed by atoms with van der Waals surface area (Å²) in [6, 6.07) is -0.203. The fraction of sp³-hybridized carbons (Fsp3) is 0.429. The Kier molecular flexibility index (Phi) is 2.43. The summed E-state index contributed by atoms with van der Waals surface area (Å²) in [5.41, 5.74) is 7.83. The molecule has 1 aromatic heterocycles. The Morgan fingerprint density at radius 2 is 2.40 bits per heavy atom. The van der Waals surface area contributed by atoms with Gasteiger partial charge in [0, 0.05) is 0 Å². The lowest BCUT2D eigenvalue weighted by atomic mass is 10.1. The third-order valence-corrected chi connectivity index (χ3v) is 2.37. The van der Waals surface area contributed by atoms with Crippen LogP contribution in [0.4, 0.5) is 0 Å². The molecule has 1 rings (SSSR count). The van der Waals surface area contributed by atoms with Gasteiger partial charge in [0.15, 0.2) is 0 Å². The fourth-order valence-corrected chi connectivity index (χ4v) is 1.76. The number of aliphatic hydroxyl groups is 1. The van der Waals surface area contributed by atoms with Gasteiger partial charge in [0.25, 0.3) is 0 Å². The number of nitrogens with two attached hydrogens (primary N) is 1. The van der Waals surface area contributed by atoms with Crippen LogP contribution in [0.3, 0.4) is 0 Å². The van der Waals surface area contributed by atoms with Crippen LogP contribution in [-0.4, -0.2) is 11.7 Å². The molecule has 56 valence electrons. The van der Waals surface area contributed by atoms with Crippen molar-refractivity contribution in [1.29, 1.82) is 0 Å². The summed E-state index contributed by atoms with van der Waals surface area (Å²) in [7, 11) is 0. The molecule has 0 spiro atoms. The molecule has 3 N–H and O–H groups in total. The quantitative estimate of drug-likeness (QED) is 0.674. The molecular formula is C7H11NOS. The van der Waals surface area contributed by atoms with Gasteiger partial charge in [-0.25, -0.2) is 0 Å². The first-order valence-corrected chi connectivity index (χ1v) is 4.09. The Balaban J connectivity index is 2.82. The summed E-state index contributed by atoms with van der Waals surface area (Å²) in [5, 5.41) is 12.7. The lowest BCUT2D eigenvalue weighted by Crippen LogP contribution is -2.14. The van der Waals surface area contributed by atoms with Crippen molar-refractivity contribution in [3.8, 4) is 0 Å². The number of hydrogen-bond acceptors (Lipinski definition) is 3. The van der Waals surface area contributed by atoms with Gasteiger partial charge in [0.2, 0.25) is 0 Å². The average Bonchev–Trinajstić information content (AvgIpc) is 2.34. The normalized spacial score (nSPS) is 13.5. The van der Waals surface area contributed by atoms with E-state index in [-0.39, 0.29) is 12.6 Å². The third-order valence-electron chi connectivity index (χ3n) is 1.49. The van der Waals surface area contributed by atoms with E-state index in [1.165, 1.54) is 5.56 Å². The molecule has 0 saturated heterocycles. The molecule has 10 heavy (non-hydrogen) atoms. The Morgan fingerprint density at radius 1 is 1.70 bits per heavy atom. The van der Waals surface area contributed by atoms with Crippen LogP contribution in [0.25, 0.3) is 0 Å². The molecular weight excluding hydrogens is 146 g/mol. The first-order chi connectivity index (χ1) is 4.75. The smallest absolute Gasteiger partial charge is 0.0624 e. The van der Waals surface area contributed by atoms with Gasteiger partial charge in [-0.15, -0.1) is 0 Å². The summed E-state index contributed by atoms with van der Waals surface area (Å²) in [6.07, 6.45) is 0. The molecule has 0 bridgehead atoms. The van der Waals surface area contributed by atoms with Gasteiger partial charge in [-0.1, -0.05) is 0 Å². The van der Waals surface area contributed by atoms with E-state index in [1.807, 2.05) is 17.7 Å². The number of hydrogen-bond donors (Lipinski definition) is 2. The number of aliphatic hydroxyl groups excluding tert-OH is 1. The minimum atomic E-state index is -0.203. The van der Waals surface area contributed by atoms with Crippen LogP contribution < -0.4 is 5.73 Å². The molecule has 1 atom stereocenters. The van der Waals surface area contributed by atoms with Gasteiger partial charge in [0.05, 0.1) is 12.6 Å². The van der Waals surface area contributed by atoms with Crippen molar-refractivity contribution in [3.05, 3.63) is 21.9 Å². The number of rotatable bonds is 2. The summed E-state index contributed by atoms with van der Waals surface area (Å²) < 4.78 is 0. The molecule has 1 heterocycles. The average molecular weight is 157 g/mol. The van der Waals surface area contributed by atoms with Crippen molar-refractivity contribution in [2.75, 3.05) is 6.61 Å². The standard InChI is InChI=1S/C7H11NOS/c1-5-3-10-4-6(5)7(8)2-9/h3-4,7,9H,2,8H2,1H3/t7-/m1/s1.